The lowest BCUT2D eigenvalue weighted by atomic mass is 10.0. The number of amides is 1. The Morgan fingerprint density at radius 2 is 1.12 bits per heavy atom. The Hall–Kier alpha value is -7.54. The molecular weight excluding hydrogens is 769 g/mol. The van der Waals surface area contributed by atoms with Crippen LogP contribution in [0.25, 0.3) is 22.5 Å². The summed E-state index contributed by atoms with van der Waals surface area (Å²) in [6, 6.07) is 14.9. The van der Waals surface area contributed by atoms with Crippen molar-refractivity contribution in [1.82, 2.24) is 30.4 Å². The number of nitrogens with two attached hydrogens (primary N) is 3. The summed E-state index contributed by atoms with van der Waals surface area (Å²) < 4.78 is 43.8. The molecule has 0 saturated carbocycles. The van der Waals surface area contributed by atoms with Crippen LogP contribution in [0.5, 0.6) is 0 Å². The second kappa shape index (κ2) is 18.6. The number of nitrogens with zero attached hydrogens (tertiary/aromatic N) is 6. The first-order chi connectivity index (χ1) is 26.9. The maximum absolute atomic E-state index is 14.4. The summed E-state index contributed by atoms with van der Waals surface area (Å²) in [6.45, 7) is 6.02. The summed E-state index contributed by atoms with van der Waals surface area (Å²) >= 11 is 0. The number of esters is 1. The van der Waals surface area contributed by atoms with Gasteiger partial charge in [0.2, 0.25) is 23.0 Å². The van der Waals surface area contributed by atoms with E-state index in [-0.39, 0.29) is 60.8 Å². The summed E-state index contributed by atoms with van der Waals surface area (Å²) in [7, 11) is 1.18. The second-order valence-electron chi connectivity index (χ2n) is 12.4. The fourth-order valence-electron chi connectivity index (χ4n) is 4.84. The predicted molar refractivity (Wildman–Crippen MR) is 212 cm³/mol. The highest BCUT2D eigenvalue weighted by atomic mass is 19.1. The van der Waals surface area contributed by atoms with Crippen LogP contribution in [0.2, 0.25) is 0 Å². The predicted octanol–water partition coefficient (Wildman–Crippen LogP) is 5.00. The van der Waals surface area contributed by atoms with E-state index in [0.29, 0.717) is 34.0 Å². The van der Waals surface area contributed by atoms with Crippen LogP contribution in [0.3, 0.4) is 0 Å². The Labute approximate surface area is 337 Å². The Balaban J connectivity index is 0.000000305. The average molecular weight is 810 g/mol. The summed E-state index contributed by atoms with van der Waals surface area (Å²) in [5.41, 5.74) is 13.9. The van der Waals surface area contributed by atoms with E-state index in [0.717, 1.165) is 12.1 Å². The number of aliphatic hydroxyl groups is 2. The van der Waals surface area contributed by atoms with Crippen molar-refractivity contribution in [2.75, 3.05) is 18.6 Å². The van der Waals surface area contributed by atoms with Gasteiger partial charge in [-0.15, -0.1) is 20.4 Å². The first kappa shape index (κ1) is 45.8. The highest BCUT2D eigenvalue weighted by molar-refractivity contribution is 5.96. The number of pyridine rings is 2. The molecule has 0 aliphatic carbocycles. The largest absolute Gasteiger partial charge is 0.464 e. The number of benzene rings is 2. The Morgan fingerprint density at radius 1 is 0.712 bits per heavy atom. The van der Waals surface area contributed by atoms with Gasteiger partial charge < -0.3 is 41.0 Å². The zero-order valence-corrected chi connectivity index (χ0v) is 30.9. The van der Waals surface area contributed by atoms with Crippen molar-refractivity contribution >= 4 is 23.3 Å². The van der Waals surface area contributed by atoms with E-state index in [4.69, 9.17) is 26.0 Å². The normalized spacial score (nSPS) is 12.2. The Bertz CT molecular complexity index is 2630. The van der Waals surface area contributed by atoms with Crippen LogP contribution in [0.1, 0.15) is 84.4 Å². The number of anilines is 2. The van der Waals surface area contributed by atoms with Gasteiger partial charge in [-0.25, -0.2) is 23.5 Å². The topological polar surface area (TPSA) is 266 Å². The molecule has 6 rings (SSSR count). The molecule has 2 aromatic carbocycles. The molecule has 306 valence electrons. The number of hydrogen-bond donors (Lipinski definition) is 5. The maximum atomic E-state index is 14.4. The quantitative estimate of drug-likeness (QED) is 0.109. The highest BCUT2D eigenvalue weighted by Crippen LogP contribution is 2.27. The number of halogens is 2. The number of methoxy groups -OCH3 is 1. The van der Waals surface area contributed by atoms with E-state index < -0.39 is 34.7 Å². The van der Waals surface area contributed by atoms with Crippen LogP contribution < -0.4 is 17.2 Å². The lowest BCUT2D eigenvalue weighted by molar-refractivity contribution is 0.0595. The molecule has 4 aromatic heterocycles. The third-order valence-electron chi connectivity index (χ3n) is 7.68. The number of hydrogen-bond acceptors (Lipinski definition) is 15. The minimum atomic E-state index is -1.67. The van der Waals surface area contributed by atoms with Crippen molar-refractivity contribution in [1.29, 1.82) is 0 Å². The van der Waals surface area contributed by atoms with E-state index in [1.54, 1.807) is 62.4 Å². The number of rotatable bonds is 6. The molecule has 6 aromatic rings. The van der Waals surface area contributed by atoms with E-state index in [1.807, 2.05) is 0 Å². The number of aromatic nitrogens is 6. The second-order valence-corrected chi connectivity index (χ2v) is 12.4. The van der Waals surface area contributed by atoms with Crippen LogP contribution in [-0.4, -0.2) is 59.6 Å². The van der Waals surface area contributed by atoms with Crippen LogP contribution >= 0.6 is 0 Å². The third-order valence-corrected chi connectivity index (χ3v) is 7.68. The van der Waals surface area contributed by atoms with Gasteiger partial charge in [0.25, 0.3) is 17.7 Å². The number of nitrogen functional groups attached to an aromatic ring is 2. The first-order valence-electron chi connectivity index (χ1n) is 16.5. The van der Waals surface area contributed by atoms with Gasteiger partial charge in [0.05, 0.1) is 18.5 Å². The monoisotopic (exact) mass is 809 g/mol. The molecule has 8 N–H and O–H groups in total. The van der Waals surface area contributed by atoms with Crippen LogP contribution in [0.4, 0.5) is 20.2 Å². The SMILES string of the molecule is C.C.COC(=O)c1nc(-c2cccc(C#C[C@@](C)(O)c3nnc(C)o3)c2)c(F)cc1N.Cc1nnc([C@](C)(O)C#Cc2cccc(-c3nc(C(N)=O)c(N)cc3F)c2)o1. The minimum Gasteiger partial charge on any atom is -0.464 e. The molecule has 0 aliphatic heterocycles. The maximum Gasteiger partial charge on any atom is 0.358 e. The molecule has 0 radical (unpaired) electrons. The van der Waals surface area contributed by atoms with Gasteiger partial charge in [-0.2, -0.15) is 0 Å². The van der Waals surface area contributed by atoms with Crippen molar-refractivity contribution in [2.45, 2.75) is 53.8 Å². The average Bonchev–Trinajstić information content (AvgIpc) is 3.82. The van der Waals surface area contributed by atoms with Gasteiger partial charge >= 0.3 is 5.97 Å². The molecule has 0 aliphatic rings. The number of ether oxygens (including phenoxy) is 1. The standard InChI is InChI=1S/C20H17FN4O4.C19H16FN5O3.2CH4/c1-11-24-25-19(29-11)20(2,27)8-7-12-5-4-6-13(9-12)16-14(21)10-15(22)17(23-16)18(26)28-3;1-10-24-25-18(28-10)19(2,27)7-6-11-4-3-5-12(8-11)15-13(20)9-14(21)16(23-15)17(22)26;;/h4-6,9-10,27H,22H2,1-3H3;3-5,8-9,27H,21H2,1-2H3,(H2,22,26);2*1H4/t20-;19-;;/m11../s1. The molecule has 4 heterocycles. The molecule has 0 fully saturated rings. The van der Waals surface area contributed by atoms with Crippen LogP contribution in [0, 0.1) is 49.2 Å². The van der Waals surface area contributed by atoms with Crippen LogP contribution in [0.15, 0.2) is 69.5 Å². The number of carbonyl (C=O) groups is 2. The van der Waals surface area contributed by atoms with Gasteiger partial charge in [-0.1, -0.05) is 62.8 Å². The van der Waals surface area contributed by atoms with Crippen LogP contribution in [-0.2, 0) is 15.9 Å². The van der Waals surface area contributed by atoms with Gasteiger partial charge in [-0.05, 0) is 38.1 Å². The van der Waals surface area contributed by atoms with Gasteiger partial charge in [0, 0.05) is 48.2 Å². The molecule has 2 atom stereocenters. The van der Waals surface area contributed by atoms with E-state index in [1.165, 1.54) is 21.0 Å². The van der Waals surface area contributed by atoms with E-state index in [9.17, 15) is 28.6 Å². The molecule has 0 unspecified atom stereocenters. The van der Waals surface area contributed by atoms with Gasteiger partial charge in [-0.3, -0.25) is 4.79 Å². The van der Waals surface area contributed by atoms with E-state index in [2.05, 4.69) is 58.8 Å². The molecule has 0 spiro atoms. The van der Waals surface area contributed by atoms with Crippen molar-refractivity contribution in [3.8, 4) is 46.2 Å². The molecule has 18 heteroatoms. The molecule has 59 heavy (non-hydrogen) atoms. The zero-order chi connectivity index (χ0) is 41.7. The lowest BCUT2D eigenvalue weighted by Crippen LogP contribution is -2.19. The van der Waals surface area contributed by atoms with Crippen molar-refractivity contribution in [3.05, 3.63) is 118 Å². The van der Waals surface area contributed by atoms with Crippen molar-refractivity contribution in [3.63, 3.8) is 0 Å². The van der Waals surface area contributed by atoms with Crippen molar-refractivity contribution < 1.29 is 42.2 Å². The summed E-state index contributed by atoms with van der Waals surface area (Å²) in [5, 5.41) is 35.7. The summed E-state index contributed by atoms with van der Waals surface area (Å²) in [6.07, 6.45) is 0. The smallest absolute Gasteiger partial charge is 0.358 e. The zero-order valence-electron chi connectivity index (χ0n) is 30.9. The third kappa shape index (κ3) is 10.9. The van der Waals surface area contributed by atoms with Gasteiger partial charge in [0.15, 0.2) is 23.0 Å². The Kier molecular flexibility index (Phi) is 14.5. The van der Waals surface area contributed by atoms with E-state index >= 15 is 0 Å². The lowest BCUT2D eigenvalue weighted by Gasteiger charge is -2.10. The fourth-order valence-corrected chi connectivity index (χ4v) is 4.84. The highest BCUT2D eigenvalue weighted by Gasteiger charge is 2.28. The number of aryl methyl sites for hydroxylation is 2. The minimum absolute atomic E-state index is 0. The first-order valence-corrected chi connectivity index (χ1v) is 16.5. The fraction of sp³-hybridized carbons (Fsp3) is 0.220. The molecule has 16 nitrogen and oxygen atoms in total. The molecule has 0 saturated heterocycles. The number of primary amides is 1. The molecular formula is C41H41F2N9O7. The molecule has 0 bridgehead atoms. The summed E-state index contributed by atoms with van der Waals surface area (Å²) in [5.74, 6) is 8.34. The van der Waals surface area contributed by atoms with Gasteiger partial charge in [0.1, 0.15) is 11.4 Å². The van der Waals surface area contributed by atoms with Crippen molar-refractivity contribution in [2.24, 2.45) is 5.73 Å². The number of carbonyl (C=O) groups excluding carboxylic acids is 2. The molecule has 1 amide bonds. The summed E-state index contributed by atoms with van der Waals surface area (Å²) in [4.78, 5) is 31.2. The Morgan fingerprint density at radius 3 is 1.49 bits per heavy atom.